The molecular weight excluding hydrogens is 511 g/mol. The number of hydrogen-bond donors (Lipinski definition) is 1. The zero-order valence-electron chi connectivity index (χ0n) is 21.8. The van der Waals surface area contributed by atoms with Crippen LogP contribution >= 0.6 is 23.2 Å². The first kappa shape index (κ1) is 27.6. The smallest absolute Gasteiger partial charge is 0.337 e. The Kier molecular flexibility index (Phi) is 8.03. The second kappa shape index (κ2) is 10.8. The van der Waals surface area contributed by atoms with Crippen molar-refractivity contribution in [1.29, 1.82) is 0 Å². The molecule has 1 amide bonds. The zero-order valence-corrected chi connectivity index (χ0v) is 23.3. The van der Waals surface area contributed by atoms with Crippen molar-refractivity contribution < 1.29 is 19.4 Å². The molecule has 1 N–H and O–H groups in total. The molecule has 6 nitrogen and oxygen atoms in total. The summed E-state index contributed by atoms with van der Waals surface area (Å²) in [5, 5.41) is 10.9. The van der Waals surface area contributed by atoms with Gasteiger partial charge in [-0.3, -0.25) is 9.79 Å². The lowest BCUT2D eigenvalue weighted by atomic mass is 9.69. The van der Waals surface area contributed by atoms with E-state index in [1.165, 1.54) is 7.11 Å². The van der Waals surface area contributed by atoms with Crippen LogP contribution in [0.1, 0.15) is 80.4 Å². The quantitative estimate of drug-likeness (QED) is 0.422. The molecule has 198 valence electrons. The molecule has 2 aromatic carbocycles. The monoisotopic (exact) mass is 544 g/mol. The van der Waals surface area contributed by atoms with Gasteiger partial charge in [0.1, 0.15) is 11.4 Å². The van der Waals surface area contributed by atoms with Gasteiger partial charge in [-0.25, -0.2) is 4.79 Å². The summed E-state index contributed by atoms with van der Waals surface area (Å²) >= 11 is 12.6. The highest BCUT2D eigenvalue weighted by Crippen LogP contribution is 2.49. The van der Waals surface area contributed by atoms with Crippen molar-refractivity contribution in [3.63, 3.8) is 0 Å². The Hall–Kier alpha value is -2.41. The van der Waals surface area contributed by atoms with Gasteiger partial charge in [0, 0.05) is 22.2 Å². The minimum absolute atomic E-state index is 0.105. The summed E-state index contributed by atoms with van der Waals surface area (Å²) in [5.74, 6) is -0.114. The minimum Gasteiger partial charge on any atom is -0.465 e. The number of aliphatic imine (C=N–C) groups is 1. The summed E-state index contributed by atoms with van der Waals surface area (Å²) in [6, 6.07) is 11.7. The van der Waals surface area contributed by atoms with Gasteiger partial charge in [-0.2, -0.15) is 0 Å². The van der Waals surface area contributed by atoms with Crippen LogP contribution in [0.4, 0.5) is 0 Å². The fourth-order valence-corrected chi connectivity index (χ4v) is 6.27. The molecule has 0 aromatic heterocycles. The van der Waals surface area contributed by atoms with E-state index in [1.54, 1.807) is 30.3 Å². The first-order valence-electron chi connectivity index (χ1n) is 12.7. The van der Waals surface area contributed by atoms with Crippen molar-refractivity contribution >= 4 is 40.8 Å². The Bertz CT molecular complexity index is 1180. The number of aliphatic hydroxyl groups is 1. The van der Waals surface area contributed by atoms with E-state index in [1.807, 2.05) is 17.0 Å². The van der Waals surface area contributed by atoms with Gasteiger partial charge in [0.15, 0.2) is 0 Å². The standard InChI is InChI=1S/C29H34Cl2N2O4/c1-28(2,3)21-9-12-29(13-10-21)32-25(20-15-22(30)17-23(31)16-20)26(35)33(29)24(11-14-34)18-5-7-19(8-6-18)27(36)37-4/h5-8,15-17,21,24,34H,9-14H2,1-4H3. The fraction of sp³-hybridized carbons (Fsp3) is 0.483. The molecule has 1 fully saturated rings. The first-order valence-corrected chi connectivity index (χ1v) is 13.4. The number of aliphatic hydroxyl groups excluding tert-OH is 1. The van der Waals surface area contributed by atoms with Crippen molar-refractivity contribution in [2.75, 3.05) is 13.7 Å². The fourth-order valence-electron chi connectivity index (χ4n) is 5.75. The van der Waals surface area contributed by atoms with Crippen LogP contribution in [0, 0.1) is 11.3 Å². The highest BCUT2D eigenvalue weighted by molar-refractivity contribution is 6.47. The van der Waals surface area contributed by atoms with Gasteiger partial charge >= 0.3 is 5.97 Å². The van der Waals surface area contributed by atoms with Crippen molar-refractivity contribution in [2.24, 2.45) is 16.3 Å². The Labute approximate surface area is 228 Å². The van der Waals surface area contributed by atoms with Crippen LogP contribution in [-0.2, 0) is 9.53 Å². The van der Waals surface area contributed by atoms with Crippen LogP contribution in [0.15, 0.2) is 47.5 Å². The molecule has 4 rings (SSSR count). The molecule has 1 aliphatic carbocycles. The van der Waals surface area contributed by atoms with Gasteiger partial charge in [0.25, 0.3) is 5.91 Å². The van der Waals surface area contributed by atoms with Crippen molar-refractivity contribution in [3.8, 4) is 0 Å². The number of carbonyl (C=O) groups excluding carboxylic acids is 2. The maximum atomic E-state index is 14.1. The maximum absolute atomic E-state index is 14.1. The molecule has 0 radical (unpaired) electrons. The molecular formula is C29H34Cl2N2O4. The zero-order chi connectivity index (χ0) is 27.0. The molecule has 2 aliphatic rings. The highest BCUT2D eigenvalue weighted by atomic mass is 35.5. The van der Waals surface area contributed by atoms with Gasteiger partial charge in [-0.05, 0) is 79.3 Å². The van der Waals surface area contributed by atoms with Gasteiger partial charge in [-0.1, -0.05) is 56.1 Å². The van der Waals surface area contributed by atoms with Gasteiger partial charge < -0.3 is 14.7 Å². The highest BCUT2D eigenvalue weighted by Gasteiger charge is 2.52. The van der Waals surface area contributed by atoms with E-state index in [-0.39, 0.29) is 17.9 Å². The lowest BCUT2D eigenvalue weighted by Crippen LogP contribution is -2.51. The Morgan fingerprint density at radius 3 is 2.24 bits per heavy atom. The van der Waals surface area contributed by atoms with Crippen molar-refractivity contribution in [2.45, 2.75) is 64.6 Å². The SMILES string of the molecule is COC(=O)c1ccc(C(CCO)N2C(=O)C(c3cc(Cl)cc(Cl)c3)=NC23CCC(C(C)(C)C)CC3)cc1. The van der Waals surface area contributed by atoms with Crippen LogP contribution in [-0.4, -0.2) is 47.0 Å². The van der Waals surface area contributed by atoms with E-state index < -0.39 is 17.7 Å². The molecule has 37 heavy (non-hydrogen) atoms. The largest absolute Gasteiger partial charge is 0.465 e. The summed E-state index contributed by atoms with van der Waals surface area (Å²) in [4.78, 5) is 33.1. The summed E-state index contributed by atoms with van der Waals surface area (Å²) in [6.45, 7) is 6.67. The van der Waals surface area contributed by atoms with Crippen molar-refractivity contribution in [1.82, 2.24) is 4.90 Å². The topological polar surface area (TPSA) is 79.2 Å². The second-order valence-corrected chi connectivity index (χ2v) is 11.9. The number of rotatable bonds is 6. The van der Waals surface area contributed by atoms with E-state index in [9.17, 15) is 14.7 Å². The summed E-state index contributed by atoms with van der Waals surface area (Å²) in [7, 11) is 1.34. The first-order chi connectivity index (χ1) is 17.5. The third-order valence-corrected chi connectivity index (χ3v) is 8.20. The average Bonchev–Trinajstić information content (AvgIpc) is 3.12. The van der Waals surface area contributed by atoms with E-state index in [0.717, 1.165) is 31.2 Å². The van der Waals surface area contributed by atoms with E-state index >= 15 is 0 Å². The Balaban J connectivity index is 1.78. The molecule has 1 unspecified atom stereocenters. The molecule has 2 aromatic rings. The molecule has 1 heterocycles. The maximum Gasteiger partial charge on any atom is 0.337 e. The van der Waals surface area contributed by atoms with Gasteiger partial charge in [0.05, 0.1) is 18.7 Å². The van der Waals surface area contributed by atoms with Gasteiger partial charge in [-0.15, -0.1) is 0 Å². The number of carbonyl (C=O) groups is 2. The van der Waals surface area contributed by atoms with Crippen molar-refractivity contribution in [3.05, 3.63) is 69.2 Å². The number of ether oxygens (including phenoxy) is 1. The van der Waals surface area contributed by atoms with E-state index in [4.69, 9.17) is 32.9 Å². The number of halogens is 2. The molecule has 1 aliphatic heterocycles. The van der Waals surface area contributed by atoms with Crippen LogP contribution < -0.4 is 0 Å². The number of benzene rings is 2. The minimum atomic E-state index is -0.732. The summed E-state index contributed by atoms with van der Waals surface area (Å²) < 4.78 is 4.83. The molecule has 0 saturated heterocycles. The third kappa shape index (κ3) is 5.57. The predicted molar refractivity (Wildman–Crippen MR) is 146 cm³/mol. The van der Waals surface area contributed by atoms with E-state index in [0.29, 0.717) is 39.2 Å². The summed E-state index contributed by atoms with van der Waals surface area (Å²) in [5.41, 5.74) is 1.61. The van der Waals surface area contributed by atoms with Gasteiger partial charge in [0.2, 0.25) is 0 Å². The lowest BCUT2D eigenvalue weighted by molar-refractivity contribution is -0.134. The average molecular weight is 546 g/mol. The van der Waals surface area contributed by atoms with E-state index in [2.05, 4.69) is 20.8 Å². The number of amides is 1. The molecule has 0 bridgehead atoms. The van der Waals surface area contributed by atoms with Crippen LogP contribution in [0.25, 0.3) is 0 Å². The number of esters is 1. The second-order valence-electron chi connectivity index (χ2n) is 11.1. The lowest BCUT2D eigenvalue weighted by Gasteiger charge is -2.47. The van der Waals surface area contributed by atoms with Crippen LogP contribution in [0.5, 0.6) is 0 Å². The van der Waals surface area contributed by atoms with Crippen LogP contribution in [0.2, 0.25) is 10.0 Å². The molecule has 1 spiro atoms. The third-order valence-electron chi connectivity index (χ3n) is 7.77. The Morgan fingerprint density at radius 1 is 1.14 bits per heavy atom. The Morgan fingerprint density at radius 2 is 1.73 bits per heavy atom. The summed E-state index contributed by atoms with van der Waals surface area (Å²) in [6.07, 6.45) is 3.66. The van der Waals surface area contributed by atoms with Crippen LogP contribution in [0.3, 0.4) is 0 Å². The molecule has 1 saturated carbocycles. The molecule has 1 atom stereocenters. The predicted octanol–water partition coefficient (Wildman–Crippen LogP) is 6.47. The normalized spacial score (nSPS) is 22.8. The number of nitrogens with zero attached hydrogens (tertiary/aromatic N) is 2. The number of hydrogen-bond acceptors (Lipinski definition) is 5. The number of methoxy groups -OCH3 is 1. The molecule has 8 heteroatoms.